The standard InChI is InChI=1S/C10H12BNO3/c1-3-9(13)12-10-7(2)5-4-6-8(10)11(14)15/h3-6,14-15H,1H2,2H3,(H,12,13). The van der Waals surface area contributed by atoms with E-state index in [4.69, 9.17) is 10.0 Å². The van der Waals surface area contributed by atoms with Gasteiger partial charge in [0.15, 0.2) is 0 Å². The Bertz CT molecular complexity index is 390. The van der Waals surface area contributed by atoms with Crippen LogP contribution in [0.4, 0.5) is 5.69 Å². The van der Waals surface area contributed by atoms with Gasteiger partial charge in [0, 0.05) is 11.2 Å². The molecule has 3 N–H and O–H groups in total. The molecule has 0 aliphatic rings. The van der Waals surface area contributed by atoms with Crippen molar-refractivity contribution in [2.75, 3.05) is 5.32 Å². The summed E-state index contributed by atoms with van der Waals surface area (Å²) in [6.45, 7) is 5.09. The Kier molecular flexibility index (Phi) is 3.65. The number of benzene rings is 1. The van der Waals surface area contributed by atoms with Gasteiger partial charge in [0.05, 0.1) is 0 Å². The molecule has 15 heavy (non-hydrogen) atoms. The van der Waals surface area contributed by atoms with Gasteiger partial charge in [-0.1, -0.05) is 24.8 Å². The summed E-state index contributed by atoms with van der Waals surface area (Å²) in [5, 5.41) is 20.7. The molecule has 1 amide bonds. The number of carbonyl (C=O) groups excluding carboxylic acids is 1. The molecule has 78 valence electrons. The van der Waals surface area contributed by atoms with Gasteiger partial charge in [0.25, 0.3) is 0 Å². The Balaban J connectivity index is 3.12. The summed E-state index contributed by atoms with van der Waals surface area (Å²) in [4.78, 5) is 11.1. The van der Waals surface area contributed by atoms with Crippen LogP contribution in [-0.2, 0) is 4.79 Å². The molecular formula is C10H12BNO3. The molecule has 0 aromatic heterocycles. The van der Waals surface area contributed by atoms with Crippen LogP contribution in [0.2, 0.25) is 0 Å². The minimum Gasteiger partial charge on any atom is -0.423 e. The highest BCUT2D eigenvalue weighted by atomic mass is 16.4. The second-order valence-corrected chi connectivity index (χ2v) is 3.11. The SMILES string of the molecule is C=CC(=O)Nc1c(C)cccc1B(O)O. The third-order valence-electron chi connectivity index (χ3n) is 2.02. The van der Waals surface area contributed by atoms with Crippen LogP contribution in [0.1, 0.15) is 5.56 Å². The van der Waals surface area contributed by atoms with Gasteiger partial charge < -0.3 is 15.4 Å². The molecular weight excluding hydrogens is 193 g/mol. The van der Waals surface area contributed by atoms with Crippen LogP contribution in [0.3, 0.4) is 0 Å². The smallest absolute Gasteiger partial charge is 0.423 e. The van der Waals surface area contributed by atoms with Crippen molar-refractivity contribution in [2.24, 2.45) is 0 Å². The first-order valence-electron chi connectivity index (χ1n) is 4.45. The van der Waals surface area contributed by atoms with Crippen molar-refractivity contribution in [3.63, 3.8) is 0 Å². The molecule has 0 aliphatic heterocycles. The van der Waals surface area contributed by atoms with E-state index in [2.05, 4.69) is 11.9 Å². The number of para-hydroxylation sites is 1. The fourth-order valence-electron chi connectivity index (χ4n) is 1.25. The minimum absolute atomic E-state index is 0.269. The predicted molar refractivity (Wildman–Crippen MR) is 59.8 cm³/mol. The molecule has 0 saturated heterocycles. The first-order chi connectivity index (χ1) is 7.06. The van der Waals surface area contributed by atoms with Crippen LogP contribution < -0.4 is 10.8 Å². The number of carbonyl (C=O) groups is 1. The van der Waals surface area contributed by atoms with Gasteiger partial charge in [-0.25, -0.2) is 0 Å². The second kappa shape index (κ2) is 4.77. The van der Waals surface area contributed by atoms with E-state index in [1.54, 1.807) is 19.1 Å². The summed E-state index contributed by atoms with van der Waals surface area (Å²) >= 11 is 0. The average Bonchev–Trinajstić information content (AvgIpc) is 2.20. The van der Waals surface area contributed by atoms with Gasteiger partial charge in [-0.2, -0.15) is 0 Å². The molecule has 0 heterocycles. The van der Waals surface area contributed by atoms with Gasteiger partial charge >= 0.3 is 7.12 Å². The Morgan fingerprint density at radius 3 is 2.73 bits per heavy atom. The number of aryl methyl sites for hydroxylation is 1. The van der Waals surface area contributed by atoms with Gasteiger partial charge in [0.1, 0.15) is 0 Å². The Morgan fingerprint density at radius 1 is 1.53 bits per heavy atom. The van der Waals surface area contributed by atoms with E-state index < -0.39 is 7.12 Å². The first-order valence-corrected chi connectivity index (χ1v) is 4.45. The molecule has 1 rings (SSSR count). The Hall–Kier alpha value is -1.59. The maximum absolute atomic E-state index is 11.1. The van der Waals surface area contributed by atoms with Gasteiger partial charge in [-0.3, -0.25) is 4.79 Å². The maximum atomic E-state index is 11.1. The summed E-state index contributed by atoms with van der Waals surface area (Å²) in [6.07, 6.45) is 1.12. The normalized spacial score (nSPS) is 9.53. The molecule has 0 saturated carbocycles. The summed E-state index contributed by atoms with van der Waals surface area (Å²) in [5.74, 6) is -0.383. The van der Waals surface area contributed by atoms with Crippen molar-refractivity contribution in [3.8, 4) is 0 Å². The molecule has 4 nitrogen and oxygen atoms in total. The fraction of sp³-hybridized carbons (Fsp3) is 0.100. The third-order valence-corrected chi connectivity index (χ3v) is 2.02. The number of amides is 1. The highest BCUT2D eigenvalue weighted by Gasteiger charge is 2.17. The van der Waals surface area contributed by atoms with Crippen LogP contribution in [0.25, 0.3) is 0 Å². The van der Waals surface area contributed by atoms with Crippen molar-refractivity contribution in [2.45, 2.75) is 6.92 Å². The topological polar surface area (TPSA) is 69.6 Å². The van der Waals surface area contributed by atoms with Crippen LogP contribution >= 0.6 is 0 Å². The molecule has 0 atom stereocenters. The number of anilines is 1. The summed E-state index contributed by atoms with van der Waals surface area (Å²) in [7, 11) is -1.61. The van der Waals surface area contributed by atoms with E-state index >= 15 is 0 Å². The number of rotatable bonds is 3. The quantitative estimate of drug-likeness (QED) is 0.472. The van der Waals surface area contributed by atoms with Crippen LogP contribution in [0.5, 0.6) is 0 Å². The molecule has 0 aliphatic carbocycles. The Labute approximate surface area is 88.4 Å². The lowest BCUT2D eigenvalue weighted by Gasteiger charge is -2.11. The molecule has 1 aromatic rings. The lowest BCUT2D eigenvalue weighted by Crippen LogP contribution is -2.33. The van der Waals surface area contributed by atoms with Crippen molar-refractivity contribution >= 4 is 24.2 Å². The first kappa shape index (κ1) is 11.5. The molecule has 0 fully saturated rings. The van der Waals surface area contributed by atoms with E-state index in [1.807, 2.05) is 0 Å². The van der Waals surface area contributed by atoms with Gasteiger partial charge in [-0.05, 0) is 18.6 Å². The van der Waals surface area contributed by atoms with Crippen molar-refractivity contribution < 1.29 is 14.8 Å². The van der Waals surface area contributed by atoms with Crippen LogP contribution in [-0.4, -0.2) is 23.1 Å². The van der Waals surface area contributed by atoms with E-state index in [9.17, 15) is 4.79 Å². The highest BCUT2D eigenvalue weighted by Crippen LogP contribution is 2.11. The average molecular weight is 205 g/mol. The van der Waals surface area contributed by atoms with Crippen LogP contribution in [0.15, 0.2) is 30.9 Å². The van der Waals surface area contributed by atoms with E-state index in [1.165, 1.54) is 6.07 Å². The van der Waals surface area contributed by atoms with Gasteiger partial charge in [0.2, 0.25) is 5.91 Å². The molecule has 0 unspecified atom stereocenters. The van der Waals surface area contributed by atoms with Crippen LogP contribution in [0, 0.1) is 6.92 Å². The number of nitrogens with one attached hydrogen (secondary N) is 1. The number of hydrogen-bond acceptors (Lipinski definition) is 3. The minimum atomic E-state index is -1.61. The monoisotopic (exact) mass is 205 g/mol. The lowest BCUT2D eigenvalue weighted by molar-refractivity contribution is -0.111. The predicted octanol–water partition coefficient (Wildman–Crippen LogP) is -0.201. The zero-order valence-electron chi connectivity index (χ0n) is 8.40. The van der Waals surface area contributed by atoms with Crippen molar-refractivity contribution in [1.82, 2.24) is 0 Å². The van der Waals surface area contributed by atoms with E-state index in [0.717, 1.165) is 11.6 Å². The lowest BCUT2D eigenvalue weighted by atomic mass is 9.78. The largest absolute Gasteiger partial charge is 0.490 e. The van der Waals surface area contributed by atoms with Gasteiger partial charge in [-0.15, -0.1) is 0 Å². The summed E-state index contributed by atoms with van der Waals surface area (Å²) in [5.41, 5.74) is 1.44. The molecule has 0 bridgehead atoms. The molecule has 0 radical (unpaired) electrons. The highest BCUT2D eigenvalue weighted by molar-refractivity contribution is 6.60. The summed E-state index contributed by atoms with van der Waals surface area (Å²) in [6, 6.07) is 4.99. The van der Waals surface area contributed by atoms with E-state index in [0.29, 0.717) is 5.69 Å². The fourth-order valence-corrected chi connectivity index (χ4v) is 1.25. The Morgan fingerprint density at radius 2 is 2.20 bits per heavy atom. The number of hydrogen-bond donors (Lipinski definition) is 3. The molecule has 1 aromatic carbocycles. The maximum Gasteiger partial charge on any atom is 0.490 e. The van der Waals surface area contributed by atoms with Crippen molar-refractivity contribution in [1.29, 1.82) is 0 Å². The molecule has 0 spiro atoms. The zero-order chi connectivity index (χ0) is 11.4. The third kappa shape index (κ3) is 2.68. The van der Waals surface area contributed by atoms with E-state index in [-0.39, 0.29) is 11.4 Å². The summed E-state index contributed by atoms with van der Waals surface area (Å²) < 4.78 is 0. The molecule has 5 heteroatoms. The zero-order valence-corrected chi connectivity index (χ0v) is 8.40. The van der Waals surface area contributed by atoms with Crippen molar-refractivity contribution in [3.05, 3.63) is 36.4 Å². The second-order valence-electron chi connectivity index (χ2n) is 3.11.